The molecular weight excluding hydrogens is 234 g/mol. The molecule has 2 aromatic rings. The Balaban J connectivity index is 1.90. The molecule has 0 unspecified atom stereocenters. The van der Waals surface area contributed by atoms with Gasteiger partial charge in [-0.2, -0.15) is 0 Å². The van der Waals surface area contributed by atoms with Gasteiger partial charge in [-0.05, 0) is 43.7 Å². The molecule has 0 atom stereocenters. The topological polar surface area (TPSA) is 43.8 Å². The number of hydrogen-bond acceptors (Lipinski definition) is 2. The summed E-state index contributed by atoms with van der Waals surface area (Å²) in [5, 5.41) is 0. The van der Waals surface area contributed by atoms with Crippen molar-refractivity contribution in [1.29, 1.82) is 0 Å². The summed E-state index contributed by atoms with van der Waals surface area (Å²) in [5.74, 6) is 1.92. The molecule has 0 radical (unpaired) electrons. The Morgan fingerprint density at radius 2 is 2.00 bits per heavy atom. The summed E-state index contributed by atoms with van der Waals surface area (Å²) in [7, 11) is 0. The molecule has 3 rings (SSSR count). The van der Waals surface area contributed by atoms with Crippen LogP contribution in [0.1, 0.15) is 38.6 Å². The zero-order valence-electron chi connectivity index (χ0n) is 11.4. The summed E-state index contributed by atoms with van der Waals surface area (Å²) in [6.07, 6.45) is 9.16. The standard InChI is InChI=1S/C16H21N3/c1-12-5-7-15(8-6-12)19-10-9-18-16(19)13-3-2-4-14(17)11-13/h2-4,9-12,15H,5-8,17H2,1H3. The molecule has 1 aromatic heterocycles. The molecule has 1 aliphatic rings. The fourth-order valence-electron chi connectivity index (χ4n) is 3.03. The smallest absolute Gasteiger partial charge is 0.140 e. The van der Waals surface area contributed by atoms with Crippen LogP contribution < -0.4 is 5.73 Å². The number of imidazole rings is 1. The number of hydrogen-bond donors (Lipinski definition) is 1. The second kappa shape index (κ2) is 5.08. The van der Waals surface area contributed by atoms with E-state index in [0.29, 0.717) is 6.04 Å². The number of benzene rings is 1. The second-order valence-electron chi connectivity index (χ2n) is 5.70. The fraction of sp³-hybridized carbons (Fsp3) is 0.438. The first-order chi connectivity index (χ1) is 9.24. The van der Waals surface area contributed by atoms with E-state index in [4.69, 9.17) is 5.73 Å². The molecule has 1 aromatic carbocycles. The van der Waals surface area contributed by atoms with Crippen molar-refractivity contribution in [3.05, 3.63) is 36.7 Å². The summed E-state index contributed by atoms with van der Waals surface area (Å²) in [6, 6.07) is 8.59. The van der Waals surface area contributed by atoms with Crippen LogP contribution in [-0.2, 0) is 0 Å². The third kappa shape index (κ3) is 2.50. The number of nitrogens with zero attached hydrogens (tertiary/aromatic N) is 2. The first kappa shape index (κ1) is 12.3. The molecule has 19 heavy (non-hydrogen) atoms. The Bertz CT molecular complexity index is 551. The molecular formula is C16H21N3. The van der Waals surface area contributed by atoms with E-state index in [-0.39, 0.29) is 0 Å². The number of rotatable bonds is 2. The van der Waals surface area contributed by atoms with Crippen molar-refractivity contribution < 1.29 is 0 Å². The van der Waals surface area contributed by atoms with Gasteiger partial charge in [-0.25, -0.2) is 4.98 Å². The summed E-state index contributed by atoms with van der Waals surface area (Å²) in [6.45, 7) is 2.35. The first-order valence-corrected chi connectivity index (χ1v) is 7.13. The van der Waals surface area contributed by atoms with Gasteiger partial charge in [0, 0.05) is 29.7 Å². The van der Waals surface area contributed by atoms with Gasteiger partial charge in [-0.1, -0.05) is 19.1 Å². The van der Waals surface area contributed by atoms with Gasteiger partial charge in [-0.15, -0.1) is 0 Å². The van der Waals surface area contributed by atoms with Crippen molar-refractivity contribution in [1.82, 2.24) is 9.55 Å². The van der Waals surface area contributed by atoms with Gasteiger partial charge in [0.15, 0.2) is 0 Å². The van der Waals surface area contributed by atoms with Crippen molar-refractivity contribution in [2.24, 2.45) is 5.92 Å². The minimum Gasteiger partial charge on any atom is -0.399 e. The van der Waals surface area contributed by atoms with Crippen LogP contribution in [0.5, 0.6) is 0 Å². The van der Waals surface area contributed by atoms with Crippen LogP contribution in [0.3, 0.4) is 0 Å². The Labute approximate surface area is 114 Å². The fourth-order valence-corrected chi connectivity index (χ4v) is 3.03. The molecule has 1 heterocycles. The largest absolute Gasteiger partial charge is 0.399 e. The first-order valence-electron chi connectivity index (χ1n) is 7.13. The lowest BCUT2D eigenvalue weighted by molar-refractivity contribution is 0.291. The van der Waals surface area contributed by atoms with Crippen molar-refractivity contribution in [3.63, 3.8) is 0 Å². The maximum absolute atomic E-state index is 5.87. The summed E-state index contributed by atoms with van der Waals surface area (Å²) in [4.78, 5) is 4.53. The second-order valence-corrected chi connectivity index (χ2v) is 5.70. The van der Waals surface area contributed by atoms with Crippen LogP contribution in [-0.4, -0.2) is 9.55 Å². The van der Waals surface area contributed by atoms with E-state index in [0.717, 1.165) is 23.0 Å². The lowest BCUT2D eigenvalue weighted by Crippen LogP contribution is -2.17. The van der Waals surface area contributed by atoms with Gasteiger partial charge < -0.3 is 10.3 Å². The predicted molar refractivity (Wildman–Crippen MR) is 78.7 cm³/mol. The van der Waals surface area contributed by atoms with Gasteiger partial charge in [0.2, 0.25) is 0 Å². The Morgan fingerprint density at radius 3 is 2.74 bits per heavy atom. The molecule has 1 fully saturated rings. The molecule has 1 saturated carbocycles. The summed E-state index contributed by atoms with van der Waals surface area (Å²) >= 11 is 0. The normalized spacial score (nSPS) is 23.4. The van der Waals surface area contributed by atoms with Crippen LogP contribution in [0.4, 0.5) is 5.69 Å². The van der Waals surface area contributed by atoms with Crippen molar-refractivity contribution >= 4 is 5.69 Å². The average Bonchev–Trinajstić information content (AvgIpc) is 2.89. The highest BCUT2D eigenvalue weighted by molar-refractivity contribution is 5.61. The number of nitrogens with two attached hydrogens (primary N) is 1. The minimum absolute atomic E-state index is 0.593. The number of aromatic nitrogens is 2. The molecule has 0 saturated heterocycles. The van der Waals surface area contributed by atoms with Gasteiger partial charge in [0.1, 0.15) is 5.82 Å². The highest BCUT2D eigenvalue weighted by Crippen LogP contribution is 2.34. The predicted octanol–water partition coefficient (Wildman–Crippen LogP) is 3.88. The van der Waals surface area contributed by atoms with Crippen LogP contribution in [0.2, 0.25) is 0 Å². The van der Waals surface area contributed by atoms with Gasteiger partial charge in [0.05, 0.1) is 0 Å². The zero-order valence-corrected chi connectivity index (χ0v) is 11.4. The lowest BCUT2D eigenvalue weighted by Gasteiger charge is -2.28. The summed E-state index contributed by atoms with van der Waals surface area (Å²) < 4.78 is 2.33. The Kier molecular flexibility index (Phi) is 3.28. The molecule has 0 amide bonds. The third-order valence-corrected chi connectivity index (χ3v) is 4.19. The molecule has 100 valence electrons. The number of nitrogen functional groups attached to an aromatic ring is 1. The lowest BCUT2D eigenvalue weighted by atomic mass is 9.87. The van der Waals surface area contributed by atoms with E-state index in [1.54, 1.807) is 0 Å². The molecule has 1 aliphatic carbocycles. The van der Waals surface area contributed by atoms with Gasteiger partial charge in [-0.3, -0.25) is 0 Å². The summed E-state index contributed by atoms with van der Waals surface area (Å²) in [5.41, 5.74) is 7.78. The van der Waals surface area contributed by atoms with E-state index < -0.39 is 0 Å². The highest BCUT2D eigenvalue weighted by atomic mass is 15.1. The average molecular weight is 255 g/mol. The maximum atomic E-state index is 5.87. The van der Waals surface area contributed by atoms with E-state index in [9.17, 15) is 0 Å². The molecule has 0 bridgehead atoms. The zero-order chi connectivity index (χ0) is 13.2. The van der Waals surface area contributed by atoms with Crippen molar-refractivity contribution in [3.8, 4) is 11.4 Å². The van der Waals surface area contributed by atoms with Gasteiger partial charge >= 0.3 is 0 Å². The minimum atomic E-state index is 0.593. The van der Waals surface area contributed by atoms with Crippen LogP contribution in [0, 0.1) is 5.92 Å². The van der Waals surface area contributed by atoms with Gasteiger partial charge in [0.25, 0.3) is 0 Å². The monoisotopic (exact) mass is 255 g/mol. The van der Waals surface area contributed by atoms with Crippen LogP contribution in [0.15, 0.2) is 36.7 Å². The van der Waals surface area contributed by atoms with Crippen molar-refractivity contribution in [2.45, 2.75) is 38.6 Å². The Morgan fingerprint density at radius 1 is 1.21 bits per heavy atom. The number of anilines is 1. The van der Waals surface area contributed by atoms with Crippen LogP contribution in [0.25, 0.3) is 11.4 Å². The third-order valence-electron chi connectivity index (χ3n) is 4.19. The quantitative estimate of drug-likeness (QED) is 0.827. The van der Waals surface area contributed by atoms with E-state index in [1.165, 1.54) is 25.7 Å². The van der Waals surface area contributed by atoms with E-state index in [2.05, 4.69) is 28.7 Å². The van der Waals surface area contributed by atoms with E-state index >= 15 is 0 Å². The molecule has 3 nitrogen and oxygen atoms in total. The SMILES string of the molecule is CC1CCC(n2ccnc2-c2cccc(N)c2)CC1. The Hall–Kier alpha value is -1.77. The highest BCUT2D eigenvalue weighted by Gasteiger charge is 2.21. The molecule has 2 N–H and O–H groups in total. The molecule has 3 heteroatoms. The molecule has 0 spiro atoms. The maximum Gasteiger partial charge on any atom is 0.140 e. The van der Waals surface area contributed by atoms with Crippen LogP contribution >= 0.6 is 0 Å². The van der Waals surface area contributed by atoms with E-state index in [1.807, 2.05) is 24.4 Å². The molecule has 0 aliphatic heterocycles. The van der Waals surface area contributed by atoms with Crippen molar-refractivity contribution in [2.75, 3.05) is 5.73 Å².